The molecule has 3 N–H and O–H groups in total. The summed E-state index contributed by atoms with van der Waals surface area (Å²) in [5, 5.41) is 8.85. The molecule has 4 nitrogen and oxygen atoms in total. The third-order valence-corrected chi connectivity index (χ3v) is 1.75. The highest BCUT2D eigenvalue weighted by molar-refractivity contribution is 5.07. The molecular formula is C9H13N3O. The Hall–Kier alpha value is -1.31. The van der Waals surface area contributed by atoms with Crippen molar-refractivity contribution in [3.63, 3.8) is 0 Å². The molecule has 1 rings (SSSR count). The minimum atomic E-state index is -0.374. The van der Waals surface area contributed by atoms with E-state index in [1.807, 2.05) is 4.57 Å². The van der Waals surface area contributed by atoms with Gasteiger partial charge in [-0.05, 0) is 6.92 Å². The molecule has 1 heterocycles. The van der Waals surface area contributed by atoms with Crippen LogP contribution in [0.25, 0.3) is 0 Å². The Bertz CT molecular complexity index is 321. The summed E-state index contributed by atoms with van der Waals surface area (Å²) in [5.41, 5.74) is 6.46. The number of aliphatic hydroxyl groups is 1. The summed E-state index contributed by atoms with van der Waals surface area (Å²) in [6, 6.07) is -0.374. The van der Waals surface area contributed by atoms with Gasteiger partial charge in [-0.25, -0.2) is 4.98 Å². The molecule has 0 amide bonds. The van der Waals surface area contributed by atoms with Crippen LogP contribution in [0.2, 0.25) is 0 Å². The Morgan fingerprint density at radius 2 is 2.54 bits per heavy atom. The standard InChI is InChI=1S/C9H13N3O/c1-2-3-4-12-7-11-5-9(12)8(10)6-13/h5,7-8,13H,4,6,10H2,1H3. The van der Waals surface area contributed by atoms with Gasteiger partial charge in [-0.1, -0.05) is 5.92 Å². The van der Waals surface area contributed by atoms with E-state index in [4.69, 9.17) is 10.8 Å². The molecule has 1 atom stereocenters. The van der Waals surface area contributed by atoms with Crippen LogP contribution in [0.3, 0.4) is 0 Å². The van der Waals surface area contributed by atoms with Crippen LogP contribution < -0.4 is 5.73 Å². The van der Waals surface area contributed by atoms with Gasteiger partial charge in [0.2, 0.25) is 0 Å². The molecule has 0 aliphatic heterocycles. The maximum atomic E-state index is 8.85. The number of hydrogen-bond donors (Lipinski definition) is 2. The first-order chi connectivity index (χ1) is 6.29. The van der Waals surface area contributed by atoms with Gasteiger partial charge >= 0.3 is 0 Å². The highest BCUT2D eigenvalue weighted by Gasteiger charge is 2.08. The number of nitrogens with two attached hydrogens (primary N) is 1. The molecule has 1 aromatic rings. The van der Waals surface area contributed by atoms with E-state index >= 15 is 0 Å². The Morgan fingerprint density at radius 1 is 1.77 bits per heavy atom. The van der Waals surface area contributed by atoms with Crippen molar-refractivity contribution >= 4 is 0 Å². The highest BCUT2D eigenvalue weighted by atomic mass is 16.3. The Kier molecular flexibility index (Phi) is 3.50. The molecular weight excluding hydrogens is 166 g/mol. The van der Waals surface area contributed by atoms with Crippen LogP contribution >= 0.6 is 0 Å². The first-order valence-electron chi connectivity index (χ1n) is 4.05. The maximum Gasteiger partial charge on any atom is 0.0957 e. The predicted molar refractivity (Wildman–Crippen MR) is 49.7 cm³/mol. The summed E-state index contributed by atoms with van der Waals surface area (Å²) in [5.74, 6) is 5.69. The van der Waals surface area contributed by atoms with Crippen LogP contribution in [0.4, 0.5) is 0 Å². The molecule has 0 aliphatic rings. The van der Waals surface area contributed by atoms with Crippen LogP contribution in [-0.2, 0) is 6.54 Å². The summed E-state index contributed by atoms with van der Waals surface area (Å²) >= 11 is 0. The summed E-state index contributed by atoms with van der Waals surface area (Å²) in [7, 11) is 0. The fourth-order valence-corrected chi connectivity index (χ4v) is 1.03. The molecule has 0 saturated heterocycles. The summed E-state index contributed by atoms with van der Waals surface area (Å²) < 4.78 is 1.83. The SMILES string of the molecule is CC#CCn1cncc1C(N)CO. The first kappa shape index (κ1) is 9.78. The van der Waals surface area contributed by atoms with Gasteiger partial charge in [-0.3, -0.25) is 0 Å². The van der Waals surface area contributed by atoms with Crippen LogP contribution in [0, 0.1) is 11.8 Å². The van der Waals surface area contributed by atoms with Crippen LogP contribution in [-0.4, -0.2) is 21.3 Å². The van der Waals surface area contributed by atoms with E-state index in [1.165, 1.54) is 0 Å². The van der Waals surface area contributed by atoms with Crippen LogP contribution in [0.5, 0.6) is 0 Å². The lowest BCUT2D eigenvalue weighted by Crippen LogP contribution is -2.18. The quantitative estimate of drug-likeness (QED) is 0.637. The lowest BCUT2D eigenvalue weighted by Gasteiger charge is -2.09. The van der Waals surface area contributed by atoms with Gasteiger partial charge in [0.05, 0.1) is 31.2 Å². The zero-order valence-corrected chi connectivity index (χ0v) is 7.57. The molecule has 0 aliphatic carbocycles. The van der Waals surface area contributed by atoms with Gasteiger partial charge in [0, 0.05) is 6.20 Å². The van der Waals surface area contributed by atoms with Crippen molar-refractivity contribution < 1.29 is 5.11 Å². The highest BCUT2D eigenvalue weighted by Crippen LogP contribution is 2.07. The van der Waals surface area contributed by atoms with Crippen molar-refractivity contribution in [1.29, 1.82) is 0 Å². The van der Waals surface area contributed by atoms with Gasteiger partial charge in [0.15, 0.2) is 0 Å². The van der Waals surface area contributed by atoms with E-state index in [1.54, 1.807) is 19.4 Å². The largest absolute Gasteiger partial charge is 0.394 e. The number of aliphatic hydroxyl groups excluding tert-OH is 1. The molecule has 0 saturated carbocycles. The molecule has 13 heavy (non-hydrogen) atoms. The second-order valence-electron chi connectivity index (χ2n) is 2.66. The Morgan fingerprint density at radius 3 is 3.15 bits per heavy atom. The number of rotatable bonds is 3. The zero-order chi connectivity index (χ0) is 9.68. The fourth-order valence-electron chi connectivity index (χ4n) is 1.03. The van der Waals surface area contributed by atoms with Gasteiger partial charge in [0.25, 0.3) is 0 Å². The van der Waals surface area contributed by atoms with Gasteiger partial charge in [-0.15, -0.1) is 5.92 Å². The van der Waals surface area contributed by atoms with Crippen molar-refractivity contribution in [2.24, 2.45) is 5.73 Å². The zero-order valence-electron chi connectivity index (χ0n) is 7.57. The third-order valence-electron chi connectivity index (χ3n) is 1.75. The normalized spacial score (nSPS) is 11.9. The average molecular weight is 179 g/mol. The van der Waals surface area contributed by atoms with E-state index in [0.717, 1.165) is 5.69 Å². The summed E-state index contributed by atoms with van der Waals surface area (Å²) in [6.07, 6.45) is 3.31. The van der Waals surface area contributed by atoms with Gasteiger partial charge in [0.1, 0.15) is 0 Å². The molecule has 0 fully saturated rings. The number of nitrogens with zero attached hydrogens (tertiary/aromatic N) is 2. The van der Waals surface area contributed by atoms with E-state index in [-0.39, 0.29) is 12.6 Å². The maximum absolute atomic E-state index is 8.85. The van der Waals surface area contributed by atoms with Crippen molar-refractivity contribution in [3.05, 3.63) is 18.2 Å². The van der Waals surface area contributed by atoms with Crippen molar-refractivity contribution in [2.75, 3.05) is 6.61 Å². The molecule has 0 spiro atoms. The lowest BCUT2D eigenvalue weighted by molar-refractivity contribution is 0.263. The van der Waals surface area contributed by atoms with Gasteiger partial charge < -0.3 is 15.4 Å². The second kappa shape index (κ2) is 4.65. The molecule has 70 valence electrons. The minimum absolute atomic E-state index is 0.0781. The van der Waals surface area contributed by atoms with Crippen molar-refractivity contribution in [2.45, 2.75) is 19.5 Å². The number of hydrogen-bond acceptors (Lipinski definition) is 3. The van der Waals surface area contributed by atoms with Gasteiger partial charge in [-0.2, -0.15) is 0 Å². The van der Waals surface area contributed by atoms with Crippen molar-refractivity contribution in [1.82, 2.24) is 9.55 Å². The van der Waals surface area contributed by atoms with Crippen LogP contribution in [0.15, 0.2) is 12.5 Å². The van der Waals surface area contributed by atoms with E-state index in [0.29, 0.717) is 6.54 Å². The molecule has 1 aromatic heterocycles. The summed E-state index contributed by atoms with van der Waals surface area (Å²) in [6.45, 7) is 2.27. The Labute approximate surface area is 77.4 Å². The topological polar surface area (TPSA) is 64.1 Å². The summed E-state index contributed by atoms with van der Waals surface area (Å²) in [4.78, 5) is 3.95. The lowest BCUT2D eigenvalue weighted by atomic mass is 10.2. The fraction of sp³-hybridized carbons (Fsp3) is 0.444. The predicted octanol–water partition coefficient (Wildman–Crippen LogP) is -0.101. The number of imidazole rings is 1. The molecule has 1 unspecified atom stereocenters. The van der Waals surface area contributed by atoms with E-state index in [9.17, 15) is 0 Å². The average Bonchev–Trinajstić information content (AvgIpc) is 2.61. The minimum Gasteiger partial charge on any atom is -0.394 e. The second-order valence-corrected chi connectivity index (χ2v) is 2.66. The smallest absolute Gasteiger partial charge is 0.0957 e. The Balaban J connectivity index is 2.80. The molecule has 4 heteroatoms. The van der Waals surface area contributed by atoms with Crippen molar-refractivity contribution in [3.8, 4) is 11.8 Å². The first-order valence-corrected chi connectivity index (χ1v) is 4.05. The number of aromatic nitrogens is 2. The molecule has 0 radical (unpaired) electrons. The monoisotopic (exact) mass is 179 g/mol. The van der Waals surface area contributed by atoms with E-state index in [2.05, 4.69) is 16.8 Å². The van der Waals surface area contributed by atoms with Crippen LogP contribution in [0.1, 0.15) is 18.7 Å². The third kappa shape index (κ3) is 2.31. The van der Waals surface area contributed by atoms with E-state index < -0.39 is 0 Å². The molecule has 0 aromatic carbocycles. The molecule has 0 bridgehead atoms.